The monoisotopic (exact) mass is 465 g/mol. The zero-order valence-corrected chi connectivity index (χ0v) is 19.3. The van der Waals surface area contributed by atoms with Crippen LogP contribution in [0.5, 0.6) is 11.6 Å². The van der Waals surface area contributed by atoms with Crippen LogP contribution in [0.4, 0.5) is 5.69 Å². The molecule has 0 aliphatic carbocycles. The Bertz CT molecular complexity index is 1380. The van der Waals surface area contributed by atoms with Crippen LogP contribution in [0.15, 0.2) is 84.9 Å². The molecule has 0 radical (unpaired) electrons. The zero-order valence-electron chi connectivity index (χ0n) is 19.3. The highest BCUT2D eigenvalue weighted by Gasteiger charge is 2.19. The number of hydrogen-bond donors (Lipinski definition) is 1. The molecule has 0 atom stereocenters. The second-order valence-corrected chi connectivity index (χ2v) is 7.87. The van der Waals surface area contributed by atoms with Crippen LogP contribution >= 0.6 is 0 Å². The minimum absolute atomic E-state index is 0.242. The molecule has 0 aliphatic rings. The quantitative estimate of drug-likeness (QED) is 0.376. The Morgan fingerprint density at radius 2 is 1.66 bits per heavy atom. The van der Waals surface area contributed by atoms with Crippen LogP contribution in [-0.2, 0) is 13.7 Å². The van der Waals surface area contributed by atoms with Gasteiger partial charge in [0.1, 0.15) is 12.4 Å². The lowest BCUT2D eigenvalue weighted by Gasteiger charge is -2.09. The number of hydrogen-bond acceptors (Lipinski definition) is 5. The maximum absolute atomic E-state index is 12.9. The number of carbonyl (C=O) groups excluding carboxylic acids is 2. The number of aromatic nitrogens is 1. The summed E-state index contributed by atoms with van der Waals surface area (Å²) in [4.78, 5) is 25.4. The highest BCUT2D eigenvalue weighted by Crippen LogP contribution is 2.24. The summed E-state index contributed by atoms with van der Waals surface area (Å²) in [7, 11) is 1.71. The number of benzene rings is 3. The number of carbonyl (C=O) groups is 2. The van der Waals surface area contributed by atoms with E-state index in [4.69, 9.17) is 14.7 Å². The highest BCUT2D eigenvalue weighted by molar-refractivity contribution is 6.05. The van der Waals surface area contributed by atoms with Crippen molar-refractivity contribution >= 4 is 17.6 Å². The van der Waals surface area contributed by atoms with Crippen LogP contribution in [0.25, 0.3) is 0 Å². The zero-order chi connectivity index (χ0) is 24.8. The van der Waals surface area contributed by atoms with E-state index < -0.39 is 5.97 Å². The lowest BCUT2D eigenvalue weighted by atomic mass is 10.1. The molecule has 35 heavy (non-hydrogen) atoms. The molecule has 0 spiro atoms. The van der Waals surface area contributed by atoms with Gasteiger partial charge in [0.2, 0.25) is 5.88 Å². The Balaban J connectivity index is 1.40. The fourth-order valence-corrected chi connectivity index (χ4v) is 3.41. The number of rotatable bonds is 7. The first-order valence-corrected chi connectivity index (χ1v) is 10.9. The standard InChI is InChI=1S/C28H23N3O4/c1-19-25(16-26(31(19)2)35-28(33)22-10-8-20(17-29)9-11-22)27(32)30-23-12-14-24(15-13-23)34-18-21-6-4-3-5-7-21/h3-16H,18H2,1-2H3,(H,30,32). The van der Waals surface area contributed by atoms with Crippen molar-refractivity contribution in [3.8, 4) is 17.7 Å². The summed E-state index contributed by atoms with van der Waals surface area (Å²) in [6, 6.07) is 26.7. The number of anilines is 1. The molecular weight excluding hydrogens is 442 g/mol. The van der Waals surface area contributed by atoms with Gasteiger partial charge in [0.15, 0.2) is 0 Å². The smallest absolute Gasteiger partial charge is 0.344 e. The van der Waals surface area contributed by atoms with E-state index in [0.29, 0.717) is 40.4 Å². The third-order valence-corrected chi connectivity index (χ3v) is 5.54. The predicted octanol–water partition coefficient (Wildman–Crippen LogP) is 5.26. The van der Waals surface area contributed by atoms with Gasteiger partial charge in [-0.05, 0) is 61.0 Å². The highest BCUT2D eigenvalue weighted by atomic mass is 16.5. The average Bonchev–Trinajstić information content (AvgIpc) is 3.17. The van der Waals surface area contributed by atoms with Gasteiger partial charge in [-0.1, -0.05) is 30.3 Å². The van der Waals surface area contributed by atoms with E-state index in [-0.39, 0.29) is 11.8 Å². The van der Waals surface area contributed by atoms with Crippen molar-refractivity contribution in [2.45, 2.75) is 13.5 Å². The Morgan fingerprint density at radius 3 is 2.31 bits per heavy atom. The van der Waals surface area contributed by atoms with Crippen molar-refractivity contribution in [1.82, 2.24) is 4.57 Å². The number of esters is 1. The number of nitrogens with one attached hydrogen (secondary N) is 1. The van der Waals surface area contributed by atoms with E-state index in [1.165, 1.54) is 18.2 Å². The van der Waals surface area contributed by atoms with Gasteiger partial charge in [-0.15, -0.1) is 0 Å². The van der Waals surface area contributed by atoms with Crippen LogP contribution < -0.4 is 14.8 Å². The molecule has 1 amide bonds. The first kappa shape index (κ1) is 23.3. The molecule has 3 aromatic carbocycles. The lowest BCUT2D eigenvalue weighted by Crippen LogP contribution is -2.12. The fraction of sp³-hybridized carbons (Fsp3) is 0.107. The van der Waals surface area contributed by atoms with Crippen molar-refractivity contribution < 1.29 is 19.1 Å². The Morgan fingerprint density at radius 1 is 0.971 bits per heavy atom. The molecule has 174 valence electrons. The number of nitrogens with zero attached hydrogens (tertiary/aromatic N) is 2. The van der Waals surface area contributed by atoms with Gasteiger partial charge in [0, 0.05) is 24.5 Å². The van der Waals surface area contributed by atoms with Crippen LogP contribution in [0.2, 0.25) is 0 Å². The van der Waals surface area contributed by atoms with Gasteiger partial charge >= 0.3 is 5.97 Å². The molecule has 7 heteroatoms. The largest absolute Gasteiger partial charge is 0.489 e. The first-order chi connectivity index (χ1) is 16.9. The maximum Gasteiger partial charge on any atom is 0.344 e. The van der Waals surface area contributed by atoms with Crippen LogP contribution in [0.3, 0.4) is 0 Å². The minimum Gasteiger partial charge on any atom is -0.489 e. The van der Waals surface area contributed by atoms with Gasteiger partial charge in [-0.25, -0.2) is 4.79 Å². The van der Waals surface area contributed by atoms with Gasteiger partial charge in [-0.2, -0.15) is 5.26 Å². The lowest BCUT2D eigenvalue weighted by molar-refractivity contribution is 0.0721. The molecule has 0 saturated heterocycles. The number of ether oxygens (including phenoxy) is 2. The molecule has 1 N–H and O–H groups in total. The summed E-state index contributed by atoms with van der Waals surface area (Å²) < 4.78 is 12.9. The summed E-state index contributed by atoms with van der Waals surface area (Å²) in [5.41, 5.74) is 3.48. The van der Waals surface area contributed by atoms with Crippen molar-refractivity contribution in [2.24, 2.45) is 7.05 Å². The molecule has 4 aromatic rings. The molecule has 0 aliphatic heterocycles. The SMILES string of the molecule is Cc1c(C(=O)Nc2ccc(OCc3ccccc3)cc2)cc(OC(=O)c2ccc(C#N)cc2)n1C. The van der Waals surface area contributed by atoms with Crippen molar-refractivity contribution in [3.05, 3.63) is 113 Å². The second kappa shape index (κ2) is 10.4. The molecule has 0 fully saturated rings. The van der Waals surface area contributed by atoms with Crippen molar-refractivity contribution in [1.29, 1.82) is 5.26 Å². The minimum atomic E-state index is -0.576. The Hall–Kier alpha value is -4.83. The number of nitriles is 1. The predicted molar refractivity (Wildman–Crippen MR) is 131 cm³/mol. The van der Waals surface area contributed by atoms with Crippen LogP contribution in [0, 0.1) is 18.3 Å². The topological polar surface area (TPSA) is 93.3 Å². The molecule has 1 aromatic heterocycles. The van der Waals surface area contributed by atoms with Crippen molar-refractivity contribution in [3.63, 3.8) is 0 Å². The van der Waals surface area contributed by atoms with E-state index in [2.05, 4.69) is 5.32 Å². The number of amides is 1. The molecular formula is C28H23N3O4. The third-order valence-electron chi connectivity index (χ3n) is 5.54. The van der Waals surface area contributed by atoms with Gasteiger partial charge in [0.05, 0.1) is 22.8 Å². The molecule has 0 saturated carbocycles. The van der Waals surface area contributed by atoms with Crippen LogP contribution in [-0.4, -0.2) is 16.4 Å². The average molecular weight is 466 g/mol. The summed E-state index contributed by atoms with van der Waals surface area (Å²) in [6.07, 6.45) is 0. The normalized spacial score (nSPS) is 10.3. The van der Waals surface area contributed by atoms with E-state index in [1.807, 2.05) is 36.4 Å². The van der Waals surface area contributed by atoms with Gasteiger partial charge < -0.3 is 19.4 Å². The first-order valence-electron chi connectivity index (χ1n) is 10.9. The third kappa shape index (κ3) is 5.57. The summed E-state index contributed by atoms with van der Waals surface area (Å²) in [5.74, 6) is 0.0382. The Labute approximate surface area is 203 Å². The molecule has 1 heterocycles. The summed E-state index contributed by atoms with van der Waals surface area (Å²) in [5, 5.41) is 11.8. The second-order valence-electron chi connectivity index (χ2n) is 7.87. The fourth-order valence-electron chi connectivity index (χ4n) is 3.41. The summed E-state index contributed by atoms with van der Waals surface area (Å²) >= 11 is 0. The van der Waals surface area contributed by atoms with Crippen LogP contribution in [0.1, 0.15) is 37.5 Å². The van der Waals surface area contributed by atoms with E-state index in [1.54, 1.807) is 54.9 Å². The molecule has 4 rings (SSSR count). The van der Waals surface area contributed by atoms with E-state index in [9.17, 15) is 9.59 Å². The molecule has 0 unspecified atom stereocenters. The van der Waals surface area contributed by atoms with E-state index in [0.717, 1.165) is 5.56 Å². The maximum atomic E-state index is 12.9. The Kier molecular flexibility index (Phi) is 6.94. The van der Waals surface area contributed by atoms with Gasteiger partial charge in [-0.3, -0.25) is 4.79 Å². The van der Waals surface area contributed by atoms with Gasteiger partial charge in [0.25, 0.3) is 5.91 Å². The molecule has 0 bridgehead atoms. The van der Waals surface area contributed by atoms with E-state index >= 15 is 0 Å². The van der Waals surface area contributed by atoms with Crippen molar-refractivity contribution in [2.75, 3.05) is 5.32 Å². The molecule has 7 nitrogen and oxygen atoms in total. The summed E-state index contributed by atoms with van der Waals surface area (Å²) in [6.45, 7) is 2.23.